The van der Waals surface area contributed by atoms with Gasteiger partial charge >= 0.3 is 5.69 Å². The van der Waals surface area contributed by atoms with Crippen molar-refractivity contribution in [1.82, 2.24) is 14.5 Å². The summed E-state index contributed by atoms with van der Waals surface area (Å²) in [7, 11) is 1.49. The predicted octanol–water partition coefficient (Wildman–Crippen LogP) is 0.752. The number of nitrogen functional groups attached to an aromatic ring is 1. The summed E-state index contributed by atoms with van der Waals surface area (Å²) < 4.78 is 6.23. The third kappa shape index (κ3) is 4.18. The van der Waals surface area contributed by atoms with Gasteiger partial charge in [0.15, 0.2) is 5.69 Å². The van der Waals surface area contributed by atoms with Gasteiger partial charge in [-0.1, -0.05) is 30.3 Å². The molecule has 2 unspecified atom stereocenters. The molecule has 0 saturated carbocycles. The highest BCUT2D eigenvalue weighted by molar-refractivity contribution is 8.01. The molecule has 0 radical (unpaired) electrons. The second-order valence-electron chi connectivity index (χ2n) is 8.31. The number of carbonyl (C=O) groups is 2. The van der Waals surface area contributed by atoms with Gasteiger partial charge in [-0.2, -0.15) is 0 Å². The highest BCUT2D eigenvalue weighted by Crippen LogP contribution is 2.47. The molecular weight excluding hydrogens is 446 g/mol. The number of aromatic nitrogens is 2. The van der Waals surface area contributed by atoms with Gasteiger partial charge in [-0.05, 0) is 18.9 Å². The minimum absolute atomic E-state index is 0.0648. The number of hydrogen-bond donors (Lipinski definition) is 2. The van der Waals surface area contributed by atoms with Crippen molar-refractivity contribution in [3.05, 3.63) is 56.7 Å². The van der Waals surface area contributed by atoms with Crippen LogP contribution in [-0.4, -0.2) is 56.6 Å². The van der Waals surface area contributed by atoms with Crippen LogP contribution < -0.4 is 21.9 Å². The second kappa shape index (κ2) is 9.06. The Morgan fingerprint density at radius 1 is 1.30 bits per heavy atom. The molecule has 176 valence electrons. The fourth-order valence-corrected chi connectivity index (χ4v) is 5.88. The number of thioether (sulfide) groups is 1. The number of ether oxygens (including phenoxy) is 1. The highest BCUT2D eigenvalue weighted by Gasteiger charge is 2.54. The number of amides is 2. The van der Waals surface area contributed by atoms with E-state index in [0.29, 0.717) is 18.6 Å². The first-order valence-electron chi connectivity index (χ1n) is 10.7. The molecule has 2 saturated heterocycles. The number of rotatable bonds is 7. The van der Waals surface area contributed by atoms with E-state index in [4.69, 9.17) is 10.5 Å². The zero-order valence-corrected chi connectivity index (χ0v) is 19.4. The number of aromatic amines is 1. The molecule has 3 N–H and O–H groups in total. The van der Waals surface area contributed by atoms with Gasteiger partial charge in [0.05, 0.1) is 24.6 Å². The first-order valence-corrected chi connectivity index (χ1v) is 11.7. The molecule has 2 fully saturated rings. The Morgan fingerprint density at radius 3 is 2.73 bits per heavy atom. The summed E-state index contributed by atoms with van der Waals surface area (Å²) >= 11 is 1.57. The number of hydrogen-bond acceptors (Lipinski definition) is 7. The summed E-state index contributed by atoms with van der Waals surface area (Å²) in [5, 5.41) is 0. The molecule has 2 atom stereocenters. The van der Waals surface area contributed by atoms with E-state index in [1.165, 1.54) is 16.6 Å². The normalized spacial score (nSPS) is 21.9. The molecule has 4 rings (SSSR count). The molecular formula is C22H27N5O5S. The molecule has 33 heavy (non-hydrogen) atoms. The van der Waals surface area contributed by atoms with Crippen molar-refractivity contribution < 1.29 is 14.3 Å². The van der Waals surface area contributed by atoms with Crippen molar-refractivity contribution >= 4 is 35.1 Å². The predicted molar refractivity (Wildman–Crippen MR) is 126 cm³/mol. The second-order valence-corrected chi connectivity index (χ2v) is 9.81. The fourth-order valence-electron chi connectivity index (χ4n) is 4.46. The summed E-state index contributed by atoms with van der Waals surface area (Å²) in [5.41, 5.74) is 5.53. The molecule has 2 amide bonds. The van der Waals surface area contributed by atoms with Gasteiger partial charge in [-0.15, -0.1) is 11.8 Å². The van der Waals surface area contributed by atoms with Gasteiger partial charge in [0, 0.05) is 19.3 Å². The topological polar surface area (TPSA) is 131 Å². The van der Waals surface area contributed by atoms with Crippen molar-refractivity contribution in [1.29, 1.82) is 0 Å². The molecule has 0 aliphatic carbocycles. The Bertz CT molecular complexity index is 1180. The smallest absolute Gasteiger partial charge is 0.330 e. The molecule has 11 heteroatoms. The van der Waals surface area contributed by atoms with Crippen LogP contribution in [0.25, 0.3) is 0 Å². The number of nitrogens with zero attached hydrogens (tertiary/aromatic N) is 3. The Kier molecular flexibility index (Phi) is 6.35. The monoisotopic (exact) mass is 473 g/mol. The lowest BCUT2D eigenvalue weighted by atomic mass is 10.1. The first-order chi connectivity index (χ1) is 15.8. The summed E-state index contributed by atoms with van der Waals surface area (Å²) in [6, 6.07) is 8.45. The summed E-state index contributed by atoms with van der Waals surface area (Å²) in [6.07, 6.45) is 1.06. The van der Waals surface area contributed by atoms with E-state index < -0.39 is 28.1 Å². The molecule has 1 aromatic carbocycles. The summed E-state index contributed by atoms with van der Waals surface area (Å²) in [5.74, 6) is -0.175. The van der Waals surface area contributed by atoms with Crippen LogP contribution in [0.1, 0.15) is 25.3 Å². The summed E-state index contributed by atoms with van der Waals surface area (Å²) in [6.45, 7) is 2.33. The van der Waals surface area contributed by atoms with Crippen LogP contribution in [-0.2, 0) is 27.4 Å². The van der Waals surface area contributed by atoms with Crippen LogP contribution in [0.15, 0.2) is 39.9 Å². The molecule has 0 spiro atoms. The van der Waals surface area contributed by atoms with Gasteiger partial charge < -0.3 is 15.4 Å². The molecule has 2 aliphatic rings. The van der Waals surface area contributed by atoms with E-state index in [2.05, 4.69) is 4.98 Å². The molecule has 3 heterocycles. The van der Waals surface area contributed by atoms with E-state index in [9.17, 15) is 19.2 Å². The van der Waals surface area contributed by atoms with E-state index >= 15 is 0 Å². The molecule has 1 aromatic heterocycles. The number of nitrogens with one attached hydrogen (secondary N) is 1. The van der Waals surface area contributed by atoms with Crippen molar-refractivity contribution in [2.45, 2.75) is 43.8 Å². The number of fused-ring (bicyclic) bond motifs is 1. The molecule has 2 aliphatic heterocycles. The SMILES string of the molecule is COCCn1c(N)c(N(Cc2ccccc2)C(=O)C2CSC3(C)CCC(=O)N23)c(=O)[nH]c1=O. The molecule has 2 aromatic rings. The molecule has 0 bridgehead atoms. The van der Waals surface area contributed by atoms with E-state index in [-0.39, 0.29) is 37.1 Å². The number of benzene rings is 1. The quantitative estimate of drug-likeness (QED) is 0.607. The maximum atomic E-state index is 13.9. The number of H-pyrrole nitrogens is 1. The largest absolute Gasteiger partial charge is 0.383 e. The van der Waals surface area contributed by atoms with Crippen molar-refractivity contribution in [3.8, 4) is 0 Å². The first kappa shape index (κ1) is 23.1. The van der Waals surface area contributed by atoms with E-state index in [0.717, 1.165) is 5.56 Å². The third-order valence-corrected chi connectivity index (χ3v) is 7.69. The van der Waals surface area contributed by atoms with Crippen LogP contribution in [0.4, 0.5) is 11.5 Å². The maximum Gasteiger partial charge on any atom is 0.330 e. The van der Waals surface area contributed by atoms with Gasteiger partial charge in [0.1, 0.15) is 11.9 Å². The van der Waals surface area contributed by atoms with Crippen molar-refractivity contribution in [2.24, 2.45) is 0 Å². The lowest BCUT2D eigenvalue weighted by Gasteiger charge is -2.33. The zero-order valence-electron chi connectivity index (χ0n) is 18.6. The van der Waals surface area contributed by atoms with Crippen LogP contribution in [0.2, 0.25) is 0 Å². The third-order valence-electron chi connectivity index (χ3n) is 6.18. The van der Waals surface area contributed by atoms with E-state index in [1.54, 1.807) is 16.7 Å². The number of nitrogens with two attached hydrogens (primary N) is 1. The van der Waals surface area contributed by atoms with E-state index in [1.807, 2.05) is 37.3 Å². The van der Waals surface area contributed by atoms with Crippen LogP contribution >= 0.6 is 11.8 Å². The number of anilines is 2. The minimum Gasteiger partial charge on any atom is -0.383 e. The van der Waals surface area contributed by atoms with Crippen LogP contribution in [0.5, 0.6) is 0 Å². The standard InChI is InChI=1S/C22H27N5O5S/c1-22-9-8-16(28)27(22)15(13-33-22)20(30)26(12-14-6-4-3-5-7-14)17-18(23)25(10-11-32-2)21(31)24-19(17)29/h3-7,15H,8-13,23H2,1-2H3,(H,24,29,31). The summed E-state index contributed by atoms with van der Waals surface area (Å²) in [4.78, 5) is 56.6. The number of carbonyl (C=O) groups excluding carboxylic acids is 2. The lowest BCUT2D eigenvalue weighted by molar-refractivity contribution is -0.136. The fraction of sp³-hybridized carbons (Fsp3) is 0.455. The average Bonchev–Trinajstić information content (AvgIpc) is 3.28. The van der Waals surface area contributed by atoms with Crippen LogP contribution in [0, 0.1) is 0 Å². The van der Waals surface area contributed by atoms with Gasteiger partial charge in [0.25, 0.3) is 11.5 Å². The Hall–Kier alpha value is -3.05. The zero-order chi connectivity index (χ0) is 23.8. The average molecular weight is 474 g/mol. The molecule has 10 nitrogen and oxygen atoms in total. The van der Waals surface area contributed by atoms with Crippen molar-refractivity contribution in [3.63, 3.8) is 0 Å². The highest BCUT2D eigenvalue weighted by atomic mass is 32.2. The van der Waals surface area contributed by atoms with Gasteiger partial charge in [-0.25, -0.2) is 4.79 Å². The lowest BCUT2D eigenvalue weighted by Crippen LogP contribution is -2.53. The minimum atomic E-state index is -0.753. The van der Waals surface area contributed by atoms with Crippen LogP contribution in [0.3, 0.4) is 0 Å². The Labute approximate surface area is 194 Å². The van der Waals surface area contributed by atoms with Crippen molar-refractivity contribution in [2.75, 3.05) is 30.1 Å². The number of methoxy groups -OCH3 is 1. The Balaban J connectivity index is 1.80. The Morgan fingerprint density at radius 2 is 2.03 bits per heavy atom. The maximum absolute atomic E-state index is 13.9. The van der Waals surface area contributed by atoms with Gasteiger partial charge in [0.2, 0.25) is 5.91 Å². The van der Waals surface area contributed by atoms with Gasteiger partial charge in [-0.3, -0.25) is 28.8 Å².